The van der Waals surface area contributed by atoms with Gasteiger partial charge >= 0.3 is 0 Å². The van der Waals surface area contributed by atoms with E-state index in [0.29, 0.717) is 6.04 Å². The van der Waals surface area contributed by atoms with Crippen molar-refractivity contribution in [3.05, 3.63) is 41.6 Å². The summed E-state index contributed by atoms with van der Waals surface area (Å²) >= 11 is 2.07. The molecule has 2 aromatic rings. The van der Waals surface area contributed by atoms with Gasteiger partial charge in [-0.2, -0.15) is 11.8 Å². The maximum Gasteiger partial charge on any atom is 0.0705 e. The van der Waals surface area contributed by atoms with Gasteiger partial charge in [-0.1, -0.05) is 12.1 Å². The van der Waals surface area contributed by atoms with Crippen LogP contribution in [0.1, 0.15) is 24.1 Å². The SMILES string of the molecule is Cc1ccc2cc(CNC3CCCSC3)ccc2n1. The van der Waals surface area contributed by atoms with Crippen LogP contribution in [0.2, 0.25) is 0 Å². The highest BCUT2D eigenvalue weighted by Gasteiger charge is 2.12. The highest BCUT2D eigenvalue weighted by molar-refractivity contribution is 7.99. The minimum Gasteiger partial charge on any atom is -0.309 e. The number of pyridine rings is 1. The summed E-state index contributed by atoms with van der Waals surface area (Å²) in [6.07, 6.45) is 2.67. The molecule has 1 fully saturated rings. The van der Waals surface area contributed by atoms with Crippen molar-refractivity contribution in [2.45, 2.75) is 32.4 Å². The molecule has 1 saturated heterocycles. The van der Waals surface area contributed by atoms with E-state index in [1.54, 1.807) is 0 Å². The van der Waals surface area contributed by atoms with Crippen LogP contribution in [-0.2, 0) is 6.54 Å². The zero-order valence-electron chi connectivity index (χ0n) is 11.4. The average Bonchev–Trinajstić information content (AvgIpc) is 2.46. The first-order valence-electron chi connectivity index (χ1n) is 6.99. The van der Waals surface area contributed by atoms with Gasteiger partial charge in [-0.3, -0.25) is 4.98 Å². The molecule has 0 bridgehead atoms. The maximum absolute atomic E-state index is 4.54. The third kappa shape index (κ3) is 3.28. The van der Waals surface area contributed by atoms with Gasteiger partial charge < -0.3 is 5.32 Å². The molecule has 2 nitrogen and oxygen atoms in total. The van der Waals surface area contributed by atoms with Gasteiger partial charge in [0, 0.05) is 29.4 Å². The van der Waals surface area contributed by atoms with Crippen molar-refractivity contribution in [3.8, 4) is 0 Å². The molecule has 19 heavy (non-hydrogen) atoms. The number of thioether (sulfide) groups is 1. The molecule has 0 saturated carbocycles. The Balaban J connectivity index is 1.69. The minimum absolute atomic E-state index is 0.686. The van der Waals surface area contributed by atoms with Gasteiger partial charge in [-0.15, -0.1) is 0 Å². The fraction of sp³-hybridized carbons (Fsp3) is 0.438. The predicted molar refractivity (Wildman–Crippen MR) is 83.7 cm³/mol. The number of fused-ring (bicyclic) bond motifs is 1. The van der Waals surface area contributed by atoms with Crippen molar-refractivity contribution in [1.82, 2.24) is 10.3 Å². The first-order chi connectivity index (χ1) is 9.31. The van der Waals surface area contributed by atoms with Crippen LogP contribution in [-0.4, -0.2) is 22.5 Å². The summed E-state index contributed by atoms with van der Waals surface area (Å²) in [5.74, 6) is 2.59. The molecule has 1 atom stereocenters. The number of nitrogens with one attached hydrogen (secondary N) is 1. The van der Waals surface area contributed by atoms with E-state index in [1.165, 1.54) is 35.3 Å². The lowest BCUT2D eigenvalue weighted by atomic mass is 10.1. The third-order valence-electron chi connectivity index (χ3n) is 3.65. The van der Waals surface area contributed by atoms with E-state index in [-0.39, 0.29) is 0 Å². The first kappa shape index (κ1) is 12.9. The average molecular weight is 272 g/mol. The molecule has 1 aromatic heterocycles. The monoisotopic (exact) mass is 272 g/mol. The zero-order valence-corrected chi connectivity index (χ0v) is 12.2. The summed E-state index contributed by atoms with van der Waals surface area (Å²) in [5.41, 5.74) is 3.53. The molecule has 0 spiro atoms. The van der Waals surface area contributed by atoms with Crippen molar-refractivity contribution in [2.24, 2.45) is 0 Å². The molecule has 1 aromatic carbocycles. The molecule has 0 aliphatic carbocycles. The lowest BCUT2D eigenvalue weighted by molar-refractivity contribution is 0.508. The molecule has 1 aliphatic heterocycles. The molecule has 3 heteroatoms. The van der Waals surface area contributed by atoms with E-state index < -0.39 is 0 Å². The molecular formula is C16H20N2S. The van der Waals surface area contributed by atoms with Gasteiger partial charge in [-0.05, 0) is 49.3 Å². The number of benzene rings is 1. The van der Waals surface area contributed by atoms with Crippen LogP contribution in [0.25, 0.3) is 10.9 Å². The fourth-order valence-electron chi connectivity index (χ4n) is 2.55. The Morgan fingerprint density at radius 2 is 2.26 bits per heavy atom. The minimum atomic E-state index is 0.686. The van der Waals surface area contributed by atoms with Crippen LogP contribution < -0.4 is 5.32 Å². The number of aryl methyl sites for hydroxylation is 1. The van der Waals surface area contributed by atoms with Gasteiger partial charge in [0.1, 0.15) is 0 Å². The molecule has 1 aliphatic rings. The standard InChI is InChI=1S/C16H20N2S/c1-12-4-6-14-9-13(5-7-16(14)18-12)10-17-15-3-2-8-19-11-15/h4-7,9,15,17H,2-3,8,10-11H2,1H3. The Bertz CT molecular complexity index is 562. The lowest BCUT2D eigenvalue weighted by Crippen LogP contribution is -2.33. The van der Waals surface area contributed by atoms with Crippen molar-refractivity contribution in [3.63, 3.8) is 0 Å². The van der Waals surface area contributed by atoms with Crippen molar-refractivity contribution in [2.75, 3.05) is 11.5 Å². The number of hydrogen-bond acceptors (Lipinski definition) is 3. The fourth-order valence-corrected chi connectivity index (χ4v) is 3.66. The van der Waals surface area contributed by atoms with E-state index in [9.17, 15) is 0 Å². The van der Waals surface area contributed by atoms with E-state index in [0.717, 1.165) is 17.8 Å². The molecule has 0 amide bonds. The van der Waals surface area contributed by atoms with Crippen LogP contribution in [0.4, 0.5) is 0 Å². The number of hydrogen-bond donors (Lipinski definition) is 1. The molecule has 100 valence electrons. The van der Waals surface area contributed by atoms with Gasteiger partial charge in [0.15, 0.2) is 0 Å². The van der Waals surface area contributed by atoms with E-state index in [2.05, 4.69) is 52.4 Å². The summed E-state index contributed by atoms with van der Waals surface area (Å²) in [7, 11) is 0. The van der Waals surface area contributed by atoms with E-state index >= 15 is 0 Å². The Labute approximate surface area is 119 Å². The number of rotatable bonds is 3. The summed E-state index contributed by atoms with van der Waals surface area (Å²) < 4.78 is 0. The van der Waals surface area contributed by atoms with Gasteiger partial charge in [0.05, 0.1) is 5.52 Å². The highest BCUT2D eigenvalue weighted by atomic mass is 32.2. The van der Waals surface area contributed by atoms with Crippen molar-refractivity contribution < 1.29 is 0 Å². The number of aromatic nitrogens is 1. The second-order valence-electron chi connectivity index (χ2n) is 5.27. The first-order valence-corrected chi connectivity index (χ1v) is 8.14. The lowest BCUT2D eigenvalue weighted by Gasteiger charge is -2.22. The third-order valence-corrected chi connectivity index (χ3v) is 4.86. The maximum atomic E-state index is 4.54. The smallest absolute Gasteiger partial charge is 0.0705 e. The summed E-state index contributed by atoms with van der Waals surface area (Å²) in [6, 6.07) is 11.5. The van der Waals surface area contributed by atoms with Crippen LogP contribution in [0, 0.1) is 6.92 Å². The molecule has 3 rings (SSSR count). The van der Waals surface area contributed by atoms with Crippen molar-refractivity contribution >= 4 is 22.7 Å². The van der Waals surface area contributed by atoms with Gasteiger partial charge in [-0.25, -0.2) is 0 Å². The quantitative estimate of drug-likeness (QED) is 0.925. The number of nitrogens with zero attached hydrogens (tertiary/aromatic N) is 1. The van der Waals surface area contributed by atoms with E-state index in [1.807, 2.05) is 6.92 Å². The van der Waals surface area contributed by atoms with Gasteiger partial charge in [0.25, 0.3) is 0 Å². The van der Waals surface area contributed by atoms with Crippen LogP contribution in [0.3, 0.4) is 0 Å². The molecule has 1 N–H and O–H groups in total. The summed E-state index contributed by atoms with van der Waals surface area (Å²) in [4.78, 5) is 4.54. The molecular weight excluding hydrogens is 252 g/mol. The highest BCUT2D eigenvalue weighted by Crippen LogP contribution is 2.18. The second kappa shape index (κ2) is 5.93. The second-order valence-corrected chi connectivity index (χ2v) is 6.42. The predicted octanol–water partition coefficient (Wildman–Crippen LogP) is 3.53. The molecule has 0 radical (unpaired) electrons. The Hall–Kier alpha value is -1.06. The van der Waals surface area contributed by atoms with Crippen LogP contribution in [0.15, 0.2) is 30.3 Å². The zero-order chi connectivity index (χ0) is 13.1. The summed E-state index contributed by atoms with van der Waals surface area (Å²) in [6.45, 7) is 3.00. The molecule has 2 heterocycles. The van der Waals surface area contributed by atoms with E-state index in [4.69, 9.17) is 0 Å². The molecule has 1 unspecified atom stereocenters. The Kier molecular flexibility index (Phi) is 4.04. The topological polar surface area (TPSA) is 24.9 Å². The largest absolute Gasteiger partial charge is 0.309 e. The van der Waals surface area contributed by atoms with Crippen LogP contribution in [0.5, 0.6) is 0 Å². The Morgan fingerprint density at radius 3 is 3.11 bits per heavy atom. The van der Waals surface area contributed by atoms with Crippen LogP contribution >= 0.6 is 11.8 Å². The Morgan fingerprint density at radius 1 is 1.32 bits per heavy atom. The van der Waals surface area contributed by atoms with Crippen molar-refractivity contribution in [1.29, 1.82) is 0 Å². The normalized spacial score (nSPS) is 19.7. The van der Waals surface area contributed by atoms with Gasteiger partial charge in [0.2, 0.25) is 0 Å². The summed E-state index contributed by atoms with van der Waals surface area (Å²) in [5, 5.41) is 4.91.